The van der Waals surface area contributed by atoms with E-state index >= 15 is 0 Å². The quantitative estimate of drug-likeness (QED) is 0.837. The van der Waals surface area contributed by atoms with Crippen molar-refractivity contribution in [2.75, 3.05) is 0 Å². The molecule has 0 aliphatic heterocycles. The molecule has 0 aliphatic carbocycles. The van der Waals surface area contributed by atoms with E-state index in [-0.39, 0.29) is 17.1 Å². The Kier molecular flexibility index (Phi) is 3.56. The highest BCUT2D eigenvalue weighted by atomic mass is 16.5. The number of esters is 1. The molecule has 6 heteroatoms. The molecule has 0 aromatic carbocycles. The molecule has 0 atom stereocenters. The van der Waals surface area contributed by atoms with E-state index in [2.05, 4.69) is 4.98 Å². The summed E-state index contributed by atoms with van der Waals surface area (Å²) in [5.41, 5.74) is 0.411. The van der Waals surface area contributed by atoms with Crippen molar-refractivity contribution in [1.82, 2.24) is 9.55 Å². The second-order valence-corrected chi connectivity index (χ2v) is 4.35. The van der Waals surface area contributed by atoms with Crippen molar-refractivity contribution >= 4 is 5.97 Å². The molecule has 0 amide bonds. The Balaban J connectivity index is 2.79. The van der Waals surface area contributed by atoms with Crippen LogP contribution in [0.2, 0.25) is 0 Å². The SMILES string of the molecule is CC(=O)Oc1c(C)c(=O)c(O)c(-c2cccnc2)n1C. The van der Waals surface area contributed by atoms with E-state index in [1.165, 1.54) is 24.6 Å². The highest BCUT2D eigenvalue weighted by Crippen LogP contribution is 2.30. The summed E-state index contributed by atoms with van der Waals surface area (Å²) in [6, 6.07) is 3.39. The predicted molar refractivity (Wildman–Crippen MR) is 72.6 cm³/mol. The maximum atomic E-state index is 12.0. The molecule has 1 N–H and O–H groups in total. The standard InChI is InChI=1S/C14H14N2O4/c1-8-12(18)13(19)11(10-5-4-6-15-7-10)16(3)14(8)20-9(2)17/h4-7,19H,1-3H3. The lowest BCUT2D eigenvalue weighted by Gasteiger charge is -2.17. The van der Waals surface area contributed by atoms with Gasteiger partial charge in [0.2, 0.25) is 11.3 Å². The summed E-state index contributed by atoms with van der Waals surface area (Å²) in [7, 11) is 1.60. The van der Waals surface area contributed by atoms with E-state index < -0.39 is 17.1 Å². The Hall–Kier alpha value is -2.63. The van der Waals surface area contributed by atoms with E-state index in [4.69, 9.17) is 4.74 Å². The molecule has 104 valence electrons. The highest BCUT2D eigenvalue weighted by Gasteiger charge is 2.20. The number of ether oxygens (including phenoxy) is 1. The van der Waals surface area contributed by atoms with Crippen molar-refractivity contribution in [2.24, 2.45) is 7.05 Å². The van der Waals surface area contributed by atoms with Crippen LogP contribution in [0.4, 0.5) is 0 Å². The van der Waals surface area contributed by atoms with Crippen LogP contribution in [0.15, 0.2) is 29.3 Å². The summed E-state index contributed by atoms with van der Waals surface area (Å²) >= 11 is 0. The molecule has 0 fully saturated rings. The minimum atomic E-state index is -0.571. The number of hydrogen-bond acceptors (Lipinski definition) is 5. The summed E-state index contributed by atoms with van der Waals surface area (Å²) in [6.07, 6.45) is 3.10. The van der Waals surface area contributed by atoms with Crippen LogP contribution < -0.4 is 10.2 Å². The number of pyridine rings is 2. The molecule has 0 bridgehead atoms. The minimum Gasteiger partial charge on any atom is -0.503 e. The van der Waals surface area contributed by atoms with Gasteiger partial charge in [-0.05, 0) is 19.1 Å². The largest absolute Gasteiger partial charge is 0.503 e. The third-order valence-electron chi connectivity index (χ3n) is 2.92. The number of nitrogens with zero attached hydrogens (tertiary/aromatic N) is 2. The Bertz CT molecular complexity index is 720. The first-order valence-corrected chi connectivity index (χ1v) is 5.94. The lowest BCUT2D eigenvalue weighted by molar-refractivity contribution is -0.132. The number of hydrogen-bond donors (Lipinski definition) is 1. The minimum absolute atomic E-state index is 0.110. The van der Waals surface area contributed by atoms with Gasteiger partial charge >= 0.3 is 5.97 Å². The molecule has 6 nitrogen and oxygen atoms in total. The predicted octanol–water partition coefficient (Wildman–Crippen LogP) is 1.39. The molecule has 2 rings (SSSR count). The second-order valence-electron chi connectivity index (χ2n) is 4.35. The zero-order chi connectivity index (χ0) is 14.9. The van der Waals surface area contributed by atoms with Gasteiger partial charge in [0, 0.05) is 31.9 Å². The summed E-state index contributed by atoms with van der Waals surface area (Å²) in [5.74, 6) is -0.820. The first-order chi connectivity index (χ1) is 9.43. The Morgan fingerprint density at radius 1 is 1.45 bits per heavy atom. The van der Waals surface area contributed by atoms with Crippen molar-refractivity contribution < 1.29 is 14.6 Å². The van der Waals surface area contributed by atoms with Crippen molar-refractivity contribution in [2.45, 2.75) is 13.8 Å². The Morgan fingerprint density at radius 2 is 2.15 bits per heavy atom. The van der Waals surface area contributed by atoms with Crippen LogP contribution in [-0.2, 0) is 11.8 Å². The van der Waals surface area contributed by atoms with Gasteiger partial charge in [0.25, 0.3) is 0 Å². The summed E-state index contributed by atoms with van der Waals surface area (Å²) in [4.78, 5) is 27.1. The second kappa shape index (κ2) is 5.16. The van der Waals surface area contributed by atoms with Crippen LogP contribution in [0.1, 0.15) is 12.5 Å². The third-order valence-corrected chi connectivity index (χ3v) is 2.92. The maximum Gasteiger partial charge on any atom is 0.309 e. The van der Waals surface area contributed by atoms with Gasteiger partial charge in [-0.2, -0.15) is 0 Å². The van der Waals surface area contributed by atoms with Crippen LogP contribution in [-0.4, -0.2) is 20.6 Å². The molecule has 0 radical (unpaired) electrons. The van der Waals surface area contributed by atoms with Crippen LogP contribution in [0, 0.1) is 6.92 Å². The van der Waals surface area contributed by atoms with E-state index in [0.29, 0.717) is 5.56 Å². The Labute approximate surface area is 115 Å². The molecule has 2 aromatic rings. The number of carbonyl (C=O) groups is 1. The fourth-order valence-corrected chi connectivity index (χ4v) is 2.01. The fraction of sp³-hybridized carbons (Fsp3) is 0.214. The molecule has 0 saturated carbocycles. The van der Waals surface area contributed by atoms with Gasteiger partial charge in [0.1, 0.15) is 0 Å². The van der Waals surface area contributed by atoms with Gasteiger partial charge < -0.3 is 14.4 Å². The summed E-state index contributed by atoms with van der Waals surface area (Å²) < 4.78 is 6.53. The molecular weight excluding hydrogens is 260 g/mol. The smallest absolute Gasteiger partial charge is 0.309 e. The van der Waals surface area contributed by atoms with Crippen LogP contribution in [0.3, 0.4) is 0 Å². The lowest BCUT2D eigenvalue weighted by Crippen LogP contribution is -2.18. The van der Waals surface area contributed by atoms with E-state index in [9.17, 15) is 14.7 Å². The zero-order valence-electron chi connectivity index (χ0n) is 11.4. The van der Waals surface area contributed by atoms with Crippen molar-refractivity contribution in [3.05, 3.63) is 40.3 Å². The highest BCUT2D eigenvalue weighted by molar-refractivity contribution is 5.72. The van der Waals surface area contributed by atoms with Gasteiger partial charge in [-0.1, -0.05) is 0 Å². The van der Waals surface area contributed by atoms with Crippen LogP contribution in [0.25, 0.3) is 11.3 Å². The monoisotopic (exact) mass is 274 g/mol. The van der Waals surface area contributed by atoms with Gasteiger partial charge in [-0.15, -0.1) is 0 Å². The molecule has 0 unspecified atom stereocenters. The van der Waals surface area contributed by atoms with E-state index in [1.807, 2.05) is 0 Å². The van der Waals surface area contributed by atoms with E-state index in [0.717, 1.165) is 0 Å². The number of carbonyl (C=O) groups excluding carboxylic acids is 1. The average molecular weight is 274 g/mol. The molecule has 20 heavy (non-hydrogen) atoms. The lowest BCUT2D eigenvalue weighted by atomic mass is 10.1. The topological polar surface area (TPSA) is 81.4 Å². The molecule has 2 heterocycles. The van der Waals surface area contributed by atoms with Crippen molar-refractivity contribution in [3.8, 4) is 22.9 Å². The maximum absolute atomic E-state index is 12.0. The molecule has 0 saturated heterocycles. The fourth-order valence-electron chi connectivity index (χ4n) is 2.01. The summed E-state index contributed by atoms with van der Waals surface area (Å²) in [6.45, 7) is 2.74. The molecular formula is C14H14N2O4. The average Bonchev–Trinajstić information content (AvgIpc) is 2.42. The zero-order valence-corrected chi connectivity index (χ0v) is 11.4. The number of aromatic nitrogens is 2. The van der Waals surface area contributed by atoms with Gasteiger partial charge in [-0.3, -0.25) is 14.6 Å². The first kappa shape index (κ1) is 13.8. The van der Waals surface area contributed by atoms with Crippen molar-refractivity contribution in [1.29, 1.82) is 0 Å². The van der Waals surface area contributed by atoms with Gasteiger partial charge in [-0.25, -0.2) is 0 Å². The van der Waals surface area contributed by atoms with Gasteiger partial charge in [0.05, 0.1) is 11.3 Å². The molecule has 0 spiro atoms. The number of rotatable bonds is 2. The van der Waals surface area contributed by atoms with Crippen LogP contribution >= 0.6 is 0 Å². The number of aromatic hydroxyl groups is 1. The normalized spacial score (nSPS) is 10.3. The first-order valence-electron chi connectivity index (χ1n) is 5.94. The van der Waals surface area contributed by atoms with Crippen LogP contribution in [0.5, 0.6) is 11.6 Å². The summed E-state index contributed by atoms with van der Waals surface area (Å²) in [5, 5.41) is 10.1. The van der Waals surface area contributed by atoms with E-state index in [1.54, 1.807) is 25.4 Å². The third kappa shape index (κ3) is 2.27. The molecule has 2 aromatic heterocycles. The molecule has 0 aliphatic rings. The Morgan fingerprint density at radius 3 is 2.70 bits per heavy atom. The van der Waals surface area contributed by atoms with Crippen molar-refractivity contribution in [3.63, 3.8) is 0 Å². The van der Waals surface area contributed by atoms with Gasteiger partial charge in [0.15, 0.2) is 5.75 Å².